The summed E-state index contributed by atoms with van der Waals surface area (Å²) in [5.74, 6) is 1.08. The van der Waals surface area contributed by atoms with Gasteiger partial charge in [0.1, 0.15) is 11.1 Å². The SMILES string of the molecule is O=S(=O)(c1ccc(NCCC(c2ccccc2)c2ccccc2)[nH+]c1)N1CCOCC1. The van der Waals surface area contributed by atoms with Crippen molar-refractivity contribution in [3.05, 3.63) is 90.1 Å². The average Bonchev–Trinajstić information content (AvgIpc) is 2.84. The lowest BCUT2D eigenvalue weighted by Crippen LogP contribution is -2.40. The number of hydrogen-bond donors (Lipinski definition) is 1. The molecule has 2 heterocycles. The van der Waals surface area contributed by atoms with Crippen molar-refractivity contribution in [3.63, 3.8) is 0 Å². The lowest BCUT2D eigenvalue weighted by atomic mass is 9.88. The second-order valence-corrected chi connectivity index (χ2v) is 9.48. The van der Waals surface area contributed by atoms with E-state index in [2.05, 4.69) is 58.8 Å². The topological polar surface area (TPSA) is 72.8 Å². The van der Waals surface area contributed by atoms with E-state index < -0.39 is 10.0 Å². The van der Waals surface area contributed by atoms with Crippen LogP contribution >= 0.6 is 0 Å². The molecule has 6 nitrogen and oxygen atoms in total. The summed E-state index contributed by atoms with van der Waals surface area (Å²) in [4.78, 5) is 3.36. The molecule has 7 heteroatoms. The molecule has 0 radical (unpaired) electrons. The summed E-state index contributed by atoms with van der Waals surface area (Å²) in [5, 5.41) is 3.39. The van der Waals surface area contributed by atoms with Crippen LogP contribution in [0.1, 0.15) is 23.5 Å². The molecule has 31 heavy (non-hydrogen) atoms. The van der Waals surface area contributed by atoms with Crippen molar-refractivity contribution in [2.75, 3.05) is 38.2 Å². The quantitative estimate of drug-likeness (QED) is 0.586. The highest BCUT2D eigenvalue weighted by atomic mass is 32.2. The Hall–Kier alpha value is -2.74. The predicted molar refractivity (Wildman–Crippen MR) is 120 cm³/mol. The van der Waals surface area contributed by atoms with Crippen LogP contribution in [-0.4, -0.2) is 45.6 Å². The second-order valence-electron chi connectivity index (χ2n) is 7.54. The molecule has 1 saturated heterocycles. The van der Waals surface area contributed by atoms with Gasteiger partial charge in [-0.05, 0) is 23.6 Å². The Bertz CT molecular complexity index is 1010. The summed E-state index contributed by atoms with van der Waals surface area (Å²) in [5.41, 5.74) is 2.57. The zero-order valence-corrected chi connectivity index (χ0v) is 18.2. The number of sulfonamides is 1. The maximum atomic E-state index is 12.7. The summed E-state index contributed by atoms with van der Waals surface area (Å²) in [6.45, 7) is 2.41. The van der Waals surface area contributed by atoms with Crippen molar-refractivity contribution in [2.45, 2.75) is 17.2 Å². The van der Waals surface area contributed by atoms with E-state index in [0.717, 1.165) is 18.8 Å². The molecule has 1 aliphatic heterocycles. The smallest absolute Gasteiger partial charge is 0.272 e. The van der Waals surface area contributed by atoms with Crippen LogP contribution in [0.5, 0.6) is 0 Å². The lowest BCUT2D eigenvalue weighted by Gasteiger charge is -2.25. The summed E-state index contributed by atoms with van der Waals surface area (Å²) in [6, 6.07) is 24.4. The number of aromatic nitrogens is 1. The van der Waals surface area contributed by atoms with Crippen molar-refractivity contribution >= 4 is 15.8 Å². The van der Waals surface area contributed by atoms with E-state index in [-0.39, 0.29) is 10.8 Å². The second kappa shape index (κ2) is 10.0. The highest BCUT2D eigenvalue weighted by Gasteiger charge is 2.27. The Morgan fingerprint density at radius 2 is 1.52 bits per heavy atom. The van der Waals surface area contributed by atoms with Gasteiger partial charge in [0.2, 0.25) is 10.0 Å². The van der Waals surface area contributed by atoms with Gasteiger partial charge in [0.15, 0.2) is 0 Å². The van der Waals surface area contributed by atoms with E-state index in [1.54, 1.807) is 18.3 Å². The number of morpholine rings is 1. The number of rotatable bonds is 8. The third kappa shape index (κ3) is 5.31. The highest BCUT2D eigenvalue weighted by Crippen LogP contribution is 2.27. The maximum Gasteiger partial charge on any atom is 0.272 e. The van der Waals surface area contributed by atoms with Crippen LogP contribution in [-0.2, 0) is 14.8 Å². The molecule has 0 atom stereocenters. The van der Waals surface area contributed by atoms with Crippen LogP contribution in [0.25, 0.3) is 0 Å². The van der Waals surface area contributed by atoms with Crippen LogP contribution < -0.4 is 10.3 Å². The molecule has 0 amide bonds. The number of hydrogen-bond acceptors (Lipinski definition) is 4. The van der Waals surface area contributed by atoms with E-state index >= 15 is 0 Å². The first-order chi connectivity index (χ1) is 15.1. The van der Waals surface area contributed by atoms with Crippen molar-refractivity contribution in [2.24, 2.45) is 0 Å². The fraction of sp³-hybridized carbons (Fsp3) is 0.292. The van der Waals surface area contributed by atoms with E-state index in [9.17, 15) is 8.42 Å². The van der Waals surface area contributed by atoms with Gasteiger partial charge in [0.05, 0.1) is 19.8 Å². The normalized spacial score (nSPS) is 15.1. The minimum atomic E-state index is -3.49. The fourth-order valence-electron chi connectivity index (χ4n) is 3.86. The van der Waals surface area contributed by atoms with Crippen molar-refractivity contribution in [3.8, 4) is 0 Å². The predicted octanol–water partition coefficient (Wildman–Crippen LogP) is 3.16. The number of nitrogens with one attached hydrogen (secondary N) is 2. The molecule has 1 fully saturated rings. The minimum absolute atomic E-state index is 0.270. The van der Waals surface area contributed by atoms with Gasteiger partial charge in [-0.25, -0.2) is 13.4 Å². The summed E-state index contributed by atoms with van der Waals surface area (Å²) < 4.78 is 32.2. The molecule has 162 valence electrons. The molecular formula is C24H28N3O3S+. The van der Waals surface area contributed by atoms with Gasteiger partial charge >= 0.3 is 0 Å². The van der Waals surface area contributed by atoms with Crippen LogP contribution in [0.3, 0.4) is 0 Å². The van der Waals surface area contributed by atoms with Crippen molar-refractivity contribution in [1.82, 2.24) is 4.31 Å². The molecule has 0 bridgehead atoms. The largest absolute Gasteiger partial charge is 0.379 e. The zero-order valence-electron chi connectivity index (χ0n) is 17.4. The Balaban J connectivity index is 1.40. The molecule has 0 unspecified atom stereocenters. The Labute approximate surface area is 183 Å². The maximum absolute atomic E-state index is 12.7. The summed E-state index contributed by atoms with van der Waals surface area (Å²) in [7, 11) is -3.49. The summed E-state index contributed by atoms with van der Waals surface area (Å²) in [6.07, 6.45) is 2.47. The molecule has 1 aromatic heterocycles. The monoisotopic (exact) mass is 438 g/mol. The molecular weight excluding hydrogens is 410 g/mol. The molecule has 3 aromatic rings. The van der Waals surface area contributed by atoms with E-state index in [1.165, 1.54) is 15.4 Å². The van der Waals surface area contributed by atoms with Gasteiger partial charge in [0.25, 0.3) is 5.82 Å². The fourth-order valence-corrected chi connectivity index (χ4v) is 5.24. The number of anilines is 1. The van der Waals surface area contributed by atoms with E-state index in [4.69, 9.17) is 4.74 Å². The number of nitrogens with zero attached hydrogens (tertiary/aromatic N) is 1. The number of H-pyrrole nitrogens is 1. The van der Waals surface area contributed by atoms with E-state index in [0.29, 0.717) is 26.3 Å². The molecule has 2 aromatic carbocycles. The molecule has 4 rings (SSSR count). The number of aromatic amines is 1. The lowest BCUT2D eigenvalue weighted by molar-refractivity contribution is -0.364. The van der Waals surface area contributed by atoms with Crippen molar-refractivity contribution < 1.29 is 18.1 Å². The van der Waals surface area contributed by atoms with Gasteiger partial charge < -0.3 is 4.74 Å². The van der Waals surface area contributed by atoms with Crippen LogP contribution in [0.2, 0.25) is 0 Å². The van der Waals surface area contributed by atoms with Gasteiger partial charge in [-0.2, -0.15) is 4.31 Å². The first kappa shape index (κ1) is 21.5. The van der Waals surface area contributed by atoms with Gasteiger partial charge in [-0.3, -0.25) is 5.32 Å². The Morgan fingerprint density at radius 3 is 2.06 bits per heavy atom. The summed E-state index contributed by atoms with van der Waals surface area (Å²) >= 11 is 0. The van der Waals surface area contributed by atoms with E-state index in [1.807, 2.05) is 12.1 Å². The average molecular weight is 439 g/mol. The highest BCUT2D eigenvalue weighted by molar-refractivity contribution is 7.89. The molecule has 0 aliphatic carbocycles. The molecule has 2 N–H and O–H groups in total. The Kier molecular flexibility index (Phi) is 6.96. The van der Waals surface area contributed by atoms with Gasteiger partial charge in [0, 0.05) is 25.1 Å². The molecule has 1 aliphatic rings. The zero-order chi connectivity index (χ0) is 21.5. The van der Waals surface area contributed by atoms with Crippen molar-refractivity contribution in [1.29, 1.82) is 0 Å². The standard InChI is InChI=1S/C24H27N3O3S/c28-31(29,27-15-17-30-18-16-27)22-11-12-24(26-19-22)25-14-13-23(20-7-3-1-4-8-20)21-9-5-2-6-10-21/h1-12,19,23H,13-18H2,(H,25,26)/p+1. The molecule has 0 saturated carbocycles. The first-order valence-corrected chi connectivity index (χ1v) is 12.0. The van der Waals surface area contributed by atoms with Gasteiger partial charge in [-0.1, -0.05) is 60.7 Å². The van der Waals surface area contributed by atoms with Crippen LogP contribution in [0, 0.1) is 0 Å². The van der Waals surface area contributed by atoms with Crippen LogP contribution in [0.4, 0.5) is 5.82 Å². The third-order valence-electron chi connectivity index (χ3n) is 5.54. The molecule has 0 spiro atoms. The Morgan fingerprint density at radius 1 is 0.903 bits per heavy atom. The van der Waals surface area contributed by atoms with Gasteiger partial charge in [-0.15, -0.1) is 0 Å². The number of benzene rings is 2. The number of pyridine rings is 1. The first-order valence-electron chi connectivity index (χ1n) is 10.6. The minimum Gasteiger partial charge on any atom is -0.379 e. The third-order valence-corrected chi connectivity index (χ3v) is 7.44. The van der Waals surface area contributed by atoms with Crippen LogP contribution in [0.15, 0.2) is 83.9 Å². The number of ether oxygens (including phenoxy) is 1.